The first-order chi connectivity index (χ1) is 9.88. The van der Waals surface area contributed by atoms with Crippen LogP contribution in [0.25, 0.3) is 10.6 Å². The van der Waals surface area contributed by atoms with Gasteiger partial charge in [0.05, 0.1) is 11.2 Å². The minimum absolute atomic E-state index is 0.0571. The summed E-state index contributed by atoms with van der Waals surface area (Å²) >= 11 is 1.53. The molecule has 0 aliphatic carbocycles. The number of thiophene rings is 1. The summed E-state index contributed by atoms with van der Waals surface area (Å²) < 4.78 is 27.3. The topological polar surface area (TPSA) is 95.8 Å². The average molecular weight is 323 g/mol. The van der Waals surface area contributed by atoms with Crippen molar-refractivity contribution in [2.24, 2.45) is 7.05 Å². The van der Waals surface area contributed by atoms with Crippen LogP contribution in [0.4, 0.5) is 5.82 Å². The molecule has 0 unspecified atom stereocenters. The highest BCUT2D eigenvalue weighted by Crippen LogP contribution is 2.29. The molecule has 0 saturated carbocycles. The van der Waals surface area contributed by atoms with Crippen LogP contribution >= 0.6 is 11.3 Å². The van der Waals surface area contributed by atoms with Crippen molar-refractivity contribution in [2.45, 2.75) is 11.9 Å². The molecule has 9 heteroatoms. The first-order valence-corrected chi connectivity index (χ1v) is 8.29. The number of nitrogens with zero attached hydrogens (tertiary/aromatic N) is 4. The number of rotatable bonds is 3. The maximum absolute atomic E-state index is 12.5. The first kappa shape index (κ1) is 13.8. The van der Waals surface area contributed by atoms with Gasteiger partial charge in [-0.25, -0.2) is 4.98 Å². The maximum Gasteiger partial charge on any atom is 0.303 e. The normalized spacial score (nSPS) is 11.9. The lowest BCUT2D eigenvalue weighted by Crippen LogP contribution is -2.17. The fourth-order valence-electron chi connectivity index (χ4n) is 1.88. The molecule has 3 heterocycles. The van der Waals surface area contributed by atoms with E-state index in [0.717, 1.165) is 13.8 Å². The molecule has 0 amide bonds. The summed E-state index contributed by atoms with van der Waals surface area (Å²) in [5, 5.41) is 4.03. The zero-order valence-corrected chi connectivity index (χ0v) is 13.0. The van der Waals surface area contributed by atoms with Crippen molar-refractivity contribution in [2.75, 3.05) is 5.73 Å². The zero-order valence-electron chi connectivity index (χ0n) is 11.4. The SMILES string of the molecule is Cc1ccc(-c2cc(N)n(S(=O)(=O)c3cn(C)cn3)n2)s1. The quantitative estimate of drug-likeness (QED) is 0.787. The van der Waals surface area contributed by atoms with Gasteiger partial charge in [0.2, 0.25) is 0 Å². The van der Waals surface area contributed by atoms with Crippen LogP contribution in [0.2, 0.25) is 0 Å². The van der Waals surface area contributed by atoms with Gasteiger partial charge in [-0.05, 0) is 19.1 Å². The van der Waals surface area contributed by atoms with E-state index in [-0.39, 0.29) is 10.8 Å². The van der Waals surface area contributed by atoms with Crippen molar-refractivity contribution in [1.82, 2.24) is 18.7 Å². The third-order valence-electron chi connectivity index (χ3n) is 2.87. The Labute approximate surface area is 125 Å². The lowest BCUT2D eigenvalue weighted by Gasteiger charge is -2.02. The van der Waals surface area contributed by atoms with Gasteiger partial charge in [-0.1, -0.05) is 0 Å². The molecule has 0 radical (unpaired) electrons. The van der Waals surface area contributed by atoms with Gasteiger partial charge in [-0.2, -0.15) is 13.5 Å². The molecule has 3 aromatic heterocycles. The predicted octanol–water partition coefficient (Wildman–Crippen LogP) is 1.47. The lowest BCUT2D eigenvalue weighted by molar-refractivity contribution is 0.578. The smallest absolute Gasteiger partial charge is 0.303 e. The summed E-state index contributed by atoms with van der Waals surface area (Å²) in [7, 11) is -2.18. The van der Waals surface area contributed by atoms with E-state index in [4.69, 9.17) is 5.73 Å². The second-order valence-corrected chi connectivity index (χ2v) is 7.59. The van der Waals surface area contributed by atoms with Crippen LogP contribution in [0, 0.1) is 6.92 Å². The number of nitrogen functional groups attached to an aromatic ring is 1. The zero-order chi connectivity index (χ0) is 15.2. The highest BCUT2D eigenvalue weighted by molar-refractivity contribution is 7.89. The monoisotopic (exact) mass is 323 g/mol. The summed E-state index contributed by atoms with van der Waals surface area (Å²) in [4.78, 5) is 5.84. The number of aryl methyl sites for hydroxylation is 2. The number of anilines is 1. The lowest BCUT2D eigenvalue weighted by atomic mass is 10.3. The highest BCUT2D eigenvalue weighted by Gasteiger charge is 2.24. The molecule has 2 N–H and O–H groups in total. The van der Waals surface area contributed by atoms with E-state index < -0.39 is 10.0 Å². The minimum Gasteiger partial charge on any atom is -0.383 e. The Bertz CT molecular complexity index is 904. The van der Waals surface area contributed by atoms with Gasteiger partial charge in [0.15, 0.2) is 5.03 Å². The number of nitrogens with two attached hydrogens (primary N) is 1. The Hall–Kier alpha value is -2.13. The van der Waals surface area contributed by atoms with Crippen LogP contribution in [-0.4, -0.2) is 27.2 Å². The molecular formula is C12H13N5O2S2. The minimum atomic E-state index is -3.88. The predicted molar refractivity (Wildman–Crippen MR) is 80.5 cm³/mol. The number of hydrogen-bond donors (Lipinski definition) is 1. The molecule has 0 spiro atoms. The van der Waals surface area contributed by atoms with Crippen LogP contribution in [0.15, 0.2) is 35.7 Å². The molecule has 0 saturated heterocycles. The van der Waals surface area contributed by atoms with Gasteiger partial charge in [0.1, 0.15) is 11.5 Å². The van der Waals surface area contributed by atoms with Crippen LogP contribution < -0.4 is 5.73 Å². The molecule has 0 aliphatic rings. The molecule has 3 aromatic rings. The number of imidazole rings is 1. The molecule has 0 fully saturated rings. The second-order valence-electron chi connectivity index (χ2n) is 4.59. The first-order valence-electron chi connectivity index (χ1n) is 6.04. The summed E-state index contributed by atoms with van der Waals surface area (Å²) in [6, 6.07) is 5.38. The average Bonchev–Trinajstić information content (AvgIpc) is 3.09. The van der Waals surface area contributed by atoms with Crippen molar-refractivity contribution < 1.29 is 8.42 Å². The fraction of sp³-hybridized carbons (Fsp3) is 0.167. The molecule has 0 bridgehead atoms. The Morgan fingerprint density at radius 1 is 1.33 bits per heavy atom. The number of hydrogen-bond acceptors (Lipinski definition) is 6. The van der Waals surface area contributed by atoms with Crippen LogP contribution in [0.3, 0.4) is 0 Å². The third kappa shape index (κ3) is 2.34. The van der Waals surface area contributed by atoms with Gasteiger partial charge in [-0.15, -0.1) is 15.4 Å². The van der Waals surface area contributed by atoms with E-state index in [0.29, 0.717) is 5.69 Å². The van der Waals surface area contributed by atoms with Crippen molar-refractivity contribution in [3.05, 3.63) is 35.6 Å². The fourth-order valence-corrected chi connectivity index (χ4v) is 3.88. The Morgan fingerprint density at radius 2 is 2.10 bits per heavy atom. The molecule has 3 rings (SSSR count). The van der Waals surface area contributed by atoms with Gasteiger partial charge in [-0.3, -0.25) is 0 Å². The summed E-state index contributed by atoms with van der Waals surface area (Å²) in [6.45, 7) is 1.97. The van der Waals surface area contributed by atoms with E-state index >= 15 is 0 Å². The van der Waals surface area contributed by atoms with Gasteiger partial charge in [0, 0.05) is 24.2 Å². The summed E-state index contributed by atoms with van der Waals surface area (Å²) in [6.07, 6.45) is 2.82. The standard InChI is InChI=1S/C12H13N5O2S2/c1-8-3-4-10(20-8)9-5-11(13)17(15-9)21(18,19)12-6-16(2)7-14-12/h3-7H,13H2,1-2H3. The van der Waals surface area contributed by atoms with Crippen molar-refractivity contribution in [1.29, 1.82) is 0 Å². The van der Waals surface area contributed by atoms with Crippen LogP contribution in [-0.2, 0) is 17.1 Å². The second kappa shape index (κ2) is 4.71. The van der Waals surface area contributed by atoms with Crippen molar-refractivity contribution >= 4 is 27.2 Å². The summed E-state index contributed by atoms with van der Waals surface area (Å²) in [5.74, 6) is 0.0571. The third-order valence-corrected chi connectivity index (χ3v) is 5.38. The maximum atomic E-state index is 12.5. The van der Waals surface area contributed by atoms with E-state index in [1.54, 1.807) is 17.7 Å². The van der Waals surface area contributed by atoms with Crippen molar-refractivity contribution in [3.8, 4) is 10.6 Å². The van der Waals surface area contributed by atoms with E-state index in [1.807, 2.05) is 19.1 Å². The van der Waals surface area contributed by atoms with E-state index in [9.17, 15) is 8.42 Å². The van der Waals surface area contributed by atoms with Crippen molar-refractivity contribution in [3.63, 3.8) is 0 Å². The Kier molecular flexibility index (Phi) is 3.10. The Balaban J connectivity index is 2.09. The number of aromatic nitrogens is 4. The van der Waals surface area contributed by atoms with Crippen LogP contribution in [0.5, 0.6) is 0 Å². The van der Waals surface area contributed by atoms with E-state index in [2.05, 4.69) is 10.1 Å². The molecule has 110 valence electrons. The Morgan fingerprint density at radius 3 is 2.67 bits per heavy atom. The van der Waals surface area contributed by atoms with E-state index in [1.165, 1.54) is 23.9 Å². The molecular weight excluding hydrogens is 310 g/mol. The highest BCUT2D eigenvalue weighted by atomic mass is 32.2. The molecule has 0 atom stereocenters. The van der Waals surface area contributed by atoms with Gasteiger partial charge < -0.3 is 10.3 Å². The summed E-state index contributed by atoms with van der Waals surface area (Å²) in [5.41, 5.74) is 6.34. The van der Waals surface area contributed by atoms with Gasteiger partial charge >= 0.3 is 10.0 Å². The molecule has 0 aliphatic heterocycles. The molecule has 7 nitrogen and oxygen atoms in total. The largest absolute Gasteiger partial charge is 0.383 e. The van der Waals surface area contributed by atoms with Crippen LogP contribution in [0.1, 0.15) is 4.88 Å². The van der Waals surface area contributed by atoms with Gasteiger partial charge in [0.25, 0.3) is 0 Å². The molecule has 0 aromatic carbocycles. The molecule has 21 heavy (non-hydrogen) atoms.